The highest BCUT2D eigenvalue weighted by molar-refractivity contribution is 5.71. The third-order valence-corrected chi connectivity index (χ3v) is 5.82. The molecule has 1 unspecified atom stereocenters. The van der Waals surface area contributed by atoms with E-state index in [-0.39, 0.29) is 24.9 Å². The van der Waals surface area contributed by atoms with Crippen LogP contribution in [0.25, 0.3) is 11.4 Å². The molecule has 3 aliphatic heterocycles. The Labute approximate surface area is 180 Å². The molecule has 1 aromatic rings. The van der Waals surface area contributed by atoms with E-state index in [1.807, 2.05) is 37.3 Å². The number of pyridine rings is 1. The smallest absolute Gasteiger partial charge is 0.330 e. The molecule has 0 saturated heterocycles. The number of nitrogens with one attached hydrogen (secondary N) is 1. The Kier molecular flexibility index (Phi) is 5.93. The first-order chi connectivity index (χ1) is 14.9. The van der Waals surface area contributed by atoms with E-state index in [0.717, 1.165) is 16.9 Å². The maximum absolute atomic E-state index is 13.5. The normalized spacial score (nSPS) is 16.4. The van der Waals surface area contributed by atoms with Crippen LogP contribution in [-0.4, -0.2) is 49.6 Å². The van der Waals surface area contributed by atoms with E-state index < -0.39 is 6.04 Å². The van der Waals surface area contributed by atoms with Crippen LogP contribution < -0.4 is 16.4 Å². The van der Waals surface area contributed by atoms with Gasteiger partial charge in [0.15, 0.2) is 0 Å². The highest BCUT2D eigenvalue weighted by Gasteiger charge is 2.30. The maximum atomic E-state index is 13.5. The van der Waals surface area contributed by atoms with Gasteiger partial charge in [0.2, 0.25) is 0 Å². The van der Waals surface area contributed by atoms with Gasteiger partial charge in [-0.05, 0) is 24.5 Å². The van der Waals surface area contributed by atoms with Gasteiger partial charge in [0.1, 0.15) is 11.5 Å². The van der Waals surface area contributed by atoms with Crippen molar-refractivity contribution >= 4 is 5.82 Å². The van der Waals surface area contributed by atoms with Crippen LogP contribution in [0.3, 0.4) is 0 Å². The number of hydrogen-bond acceptors (Lipinski definition) is 6. The summed E-state index contributed by atoms with van der Waals surface area (Å²) in [6, 6.07) is 9.46. The van der Waals surface area contributed by atoms with E-state index in [2.05, 4.69) is 29.1 Å². The lowest BCUT2D eigenvalue weighted by molar-refractivity contribution is 0.193. The molecule has 3 aliphatic rings. The summed E-state index contributed by atoms with van der Waals surface area (Å²) >= 11 is 0. The lowest BCUT2D eigenvalue weighted by atomic mass is 10.1. The number of anilines is 1. The number of benzene rings is 1. The van der Waals surface area contributed by atoms with Crippen molar-refractivity contribution in [1.82, 2.24) is 14.1 Å². The number of aliphatic hydroxyl groups is 2. The molecule has 0 aliphatic carbocycles. The zero-order chi connectivity index (χ0) is 22.1. The molecule has 0 aromatic heterocycles. The van der Waals surface area contributed by atoms with Gasteiger partial charge in [0.25, 0.3) is 0 Å². The minimum Gasteiger partial charge on any atom is -0.394 e. The highest BCUT2D eigenvalue weighted by atomic mass is 16.3. The monoisotopic (exact) mass is 423 g/mol. The summed E-state index contributed by atoms with van der Waals surface area (Å²) < 4.78 is 3.50. The summed E-state index contributed by atoms with van der Waals surface area (Å²) in [4.78, 5) is 22.5. The molecule has 164 valence electrons. The van der Waals surface area contributed by atoms with Gasteiger partial charge < -0.3 is 15.5 Å². The first-order valence-electron chi connectivity index (χ1n) is 10.6. The first kappa shape index (κ1) is 21.3. The van der Waals surface area contributed by atoms with Crippen molar-refractivity contribution in [2.24, 2.45) is 10.9 Å². The zero-order valence-corrected chi connectivity index (χ0v) is 18.1. The second-order valence-electron chi connectivity index (χ2n) is 8.52. The molecule has 0 fully saturated rings. The number of nitrogens with zero attached hydrogens (tertiary/aromatic N) is 4. The van der Waals surface area contributed by atoms with Crippen LogP contribution in [-0.2, 0) is 13.1 Å². The van der Waals surface area contributed by atoms with Crippen LogP contribution in [0.4, 0.5) is 5.82 Å². The van der Waals surface area contributed by atoms with Crippen LogP contribution in [0, 0.1) is 12.8 Å². The maximum Gasteiger partial charge on any atom is 0.330 e. The number of aliphatic hydroxyl groups excluding tert-OH is 2. The highest BCUT2D eigenvalue weighted by Crippen LogP contribution is 2.31. The van der Waals surface area contributed by atoms with Gasteiger partial charge in [-0.3, -0.25) is 14.1 Å². The second kappa shape index (κ2) is 8.64. The molecule has 3 heterocycles. The molecule has 0 amide bonds. The fraction of sp³-hybridized carbons (Fsp3) is 0.435. The second-order valence-corrected chi connectivity index (χ2v) is 8.52. The zero-order valence-electron chi connectivity index (χ0n) is 18.1. The van der Waals surface area contributed by atoms with E-state index in [1.165, 1.54) is 0 Å². The topological polar surface area (TPSA) is 105 Å². The Balaban J connectivity index is 1.91. The van der Waals surface area contributed by atoms with Gasteiger partial charge in [0, 0.05) is 12.6 Å². The van der Waals surface area contributed by atoms with Crippen molar-refractivity contribution in [3.05, 3.63) is 63.5 Å². The quantitative estimate of drug-likeness (QED) is 0.553. The van der Waals surface area contributed by atoms with Gasteiger partial charge >= 0.3 is 5.69 Å². The van der Waals surface area contributed by atoms with Crippen molar-refractivity contribution in [3.63, 3.8) is 0 Å². The Morgan fingerprint density at radius 2 is 1.94 bits per heavy atom. The predicted octanol–water partition coefficient (Wildman–Crippen LogP) is 1.21. The number of aryl methyl sites for hydroxylation is 1. The molecule has 0 spiro atoms. The molecule has 0 radical (unpaired) electrons. The van der Waals surface area contributed by atoms with E-state index in [1.54, 1.807) is 15.3 Å². The van der Waals surface area contributed by atoms with E-state index in [9.17, 15) is 15.0 Å². The standard InChI is InChI=1S/C23H29N5O3/c1-14(2)19-11-28-22(26-19)21-20(8-17(9-24-21)25-18(12-29)13-30)27(23(28)31)10-16-6-4-15(3)5-7-16/h4-9,14,18-19,26,29-30H,10-13H2,1-3H3. The average molecular weight is 424 g/mol. The van der Waals surface area contributed by atoms with Crippen LogP contribution >= 0.6 is 0 Å². The van der Waals surface area contributed by atoms with E-state index in [0.29, 0.717) is 35.8 Å². The van der Waals surface area contributed by atoms with E-state index in [4.69, 9.17) is 0 Å². The summed E-state index contributed by atoms with van der Waals surface area (Å²) in [7, 11) is 0. The molecular weight excluding hydrogens is 394 g/mol. The van der Waals surface area contributed by atoms with E-state index >= 15 is 0 Å². The molecular formula is C23H29N5O3. The summed E-state index contributed by atoms with van der Waals surface area (Å²) in [6.45, 7) is 6.78. The van der Waals surface area contributed by atoms with Crippen molar-refractivity contribution in [1.29, 1.82) is 0 Å². The Bertz CT molecular complexity index is 1160. The molecule has 3 N–H and O–H groups in total. The summed E-state index contributed by atoms with van der Waals surface area (Å²) in [6.07, 6.45) is 1.62. The van der Waals surface area contributed by atoms with Crippen molar-refractivity contribution in [2.45, 2.75) is 45.9 Å². The van der Waals surface area contributed by atoms with Gasteiger partial charge in [-0.1, -0.05) is 43.7 Å². The van der Waals surface area contributed by atoms with Gasteiger partial charge in [-0.2, -0.15) is 0 Å². The molecule has 8 heteroatoms. The third-order valence-electron chi connectivity index (χ3n) is 5.82. The number of fused-ring (bicyclic) bond motifs is 3. The number of aromatic nitrogens is 3. The predicted molar refractivity (Wildman–Crippen MR) is 119 cm³/mol. The summed E-state index contributed by atoms with van der Waals surface area (Å²) in [5.74, 6) is 1.09. The lowest BCUT2D eigenvalue weighted by Gasteiger charge is -2.19. The van der Waals surface area contributed by atoms with Crippen LogP contribution in [0.15, 0.2) is 46.3 Å². The number of rotatable bonds is 6. The molecule has 4 rings (SSSR count). The largest absolute Gasteiger partial charge is 0.394 e. The van der Waals surface area contributed by atoms with Gasteiger partial charge in [-0.15, -0.1) is 0 Å². The van der Waals surface area contributed by atoms with Gasteiger partial charge in [0.05, 0.1) is 43.0 Å². The minimum atomic E-state index is -0.622. The number of hydrogen-bond donors (Lipinski definition) is 3. The molecule has 8 nitrogen and oxygen atoms in total. The average Bonchev–Trinajstić information content (AvgIpc) is 3.22. The van der Waals surface area contributed by atoms with Crippen LogP contribution in [0.1, 0.15) is 25.0 Å². The Morgan fingerprint density at radius 1 is 1.23 bits per heavy atom. The third kappa shape index (κ3) is 4.13. The fourth-order valence-electron chi connectivity index (χ4n) is 3.86. The van der Waals surface area contributed by atoms with Crippen molar-refractivity contribution in [2.75, 3.05) is 18.5 Å². The molecule has 1 aromatic carbocycles. The molecule has 0 saturated carbocycles. The van der Waals surface area contributed by atoms with Crippen molar-refractivity contribution < 1.29 is 10.2 Å². The Morgan fingerprint density at radius 3 is 2.58 bits per heavy atom. The SMILES string of the molecule is Cc1ccc(Cn2c3cc(=NC(CO)CO)cnc-3c3n(c2=O)CC(C(C)C)N3)cc1. The van der Waals surface area contributed by atoms with Crippen LogP contribution in [0.2, 0.25) is 0 Å². The lowest BCUT2D eigenvalue weighted by Crippen LogP contribution is -2.34. The molecule has 0 bridgehead atoms. The fourth-order valence-corrected chi connectivity index (χ4v) is 3.86. The summed E-state index contributed by atoms with van der Waals surface area (Å²) in [5, 5.41) is 22.8. The first-order valence-corrected chi connectivity index (χ1v) is 10.6. The van der Waals surface area contributed by atoms with Crippen LogP contribution in [0.5, 0.6) is 0 Å². The van der Waals surface area contributed by atoms with Gasteiger partial charge in [-0.25, -0.2) is 9.78 Å². The van der Waals surface area contributed by atoms with Crippen molar-refractivity contribution in [3.8, 4) is 11.4 Å². The molecule has 31 heavy (non-hydrogen) atoms. The summed E-state index contributed by atoms with van der Waals surface area (Å²) in [5.41, 5.74) is 3.46. The minimum absolute atomic E-state index is 0.0986. The Hall–Kier alpha value is -2.97. The molecule has 1 atom stereocenters.